The Bertz CT molecular complexity index is 1240. The molecule has 0 unspecified atom stereocenters. The smallest absolute Gasteiger partial charge is 0.230 e. The molecule has 0 aromatic rings. The summed E-state index contributed by atoms with van der Waals surface area (Å²) in [5, 5.41) is 15.5. The number of carbonyl (C=O) groups is 5. The number of nitrogens with zero attached hydrogens (tertiary/aromatic N) is 3. The van der Waals surface area contributed by atoms with Crippen LogP contribution in [-0.4, -0.2) is 221 Å². The first-order chi connectivity index (χ1) is 33.2. The van der Waals surface area contributed by atoms with E-state index in [2.05, 4.69) is 62.1 Å². The molecule has 0 aromatic carbocycles. The predicted octanol–water partition coefficient (Wildman–Crippen LogP) is 6.46. The van der Waals surface area contributed by atoms with Crippen LogP contribution in [0.25, 0.3) is 0 Å². The Balaban J connectivity index is 5.83. The van der Waals surface area contributed by atoms with Crippen LogP contribution in [0, 0.1) is 0 Å². The summed E-state index contributed by atoms with van der Waals surface area (Å²) in [6, 6.07) is 0. The van der Waals surface area contributed by atoms with E-state index in [9.17, 15) is 24.0 Å². The molecule has 25 heteroatoms. The Morgan fingerprint density at radius 1 is 0.338 bits per heavy atom. The van der Waals surface area contributed by atoms with E-state index in [1.54, 1.807) is 122 Å². The zero-order valence-corrected chi connectivity index (χ0v) is 49.8. The van der Waals surface area contributed by atoms with Gasteiger partial charge in [0.15, 0.2) is 0 Å². The van der Waals surface area contributed by atoms with E-state index in [-0.39, 0.29) is 29.5 Å². The third-order valence-corrected chi connectivity index (χ3v) is 21.5. The summed E-state index contributed by atoms with van der Waals surface area (Å²) >= 11 is 0. The van der Waals surface area contributed by atoms with Gasteiger partial charge in [-0.2, -0.15) is 0 Å². The SMILES string of the molecule is CCCSSCCC(=O)NCCN(CCNC(=O)CCSSCCOC)CCN(CCNC(=O)CCSSCCOC)CCN(CCNC(=O)CCSSCCC)CCNC(=O)CSSCCC. The summed E-state index contributed by atoms with van der Waals surface area (Å²) in [6.07, 6.45) is 5.13. The number of ether oxygens (including phenoxy) is 2. The lowest BCUT2D eigenvalue weighted by Crippen LogP contribution is -2.47. The van der Waals surface area contributed by atoms with Gasteiger partial charge in [0, 0.05) is 183 Å². The second kappa shape index (κ2) is 53.9. The lowest BCUT2D eigenvalue weighted by molar-refractivity contribution is -0.121. The van der Waals surface area contributed by atoms with Crippen molar-refractivity contribution >= 4 is 137 Å². The largest absolute Gasteiger partial charge is 0.384 e. The average Bonchev–Trinajstić information content (AvgIpc) is 3.32. The van der Waals surface area contributed by atoms with Crippen molar-refractivity contribution < 1.29 is 33.4 Å². The van der Waals surface area contributed by atoms with Crippen molar-refractivity contribution in [3.8, 4) is 0 Å². The van der Waals surface area contributed by atoms with E-state index in [1.807, 2.05) is 0 Å². The molecule has 0 aromatic heterocycles. The molecule has 0 radical (unpaired) electrons. The predicted molar refractivity (Wildman–Crippen MR) is 312 cm³/mol. The van der Waals surface area contributed by atoms with Crippen LogP contribution in [0.15, 0.2) is 0 Å². The van der Waals surface area contributed by atoms with Gasteiger partial charge in [0.25, 0.3) is 0 Å². The first-order valence-corrected chi connectivity index (χ1v) is 36.3. The molecule has 0 atom stereocenters. The first kappa shape index (κ1) is 68.7. The molecule has 0 spiro atoms. The highest BCUT2D eigenvalue weighted by Crippen LogP contribution is 2.24. The van der Waals surface area contributed by atoms with Gasteiger partial charge < -0.3 is 36.1 Å². The molecule has 0 bridgehead atoms. The number of nitrogens with one attached hydrogen (secondary N) is 5. The Morgan fingerprint density at radius 3 is 0.882 bits per heavy atom. The monoisotopic (exact) mass is 1150 g/mol. The molecule has 0 saturated heterocycles. The van der Waals surface area contributed by atoms with Crippen LogP contribution in [-0.2, 0) is 33.4 Å². The molecule has 0 rings (SSSR count). The van der Waals surface area contributed by atoms with Crippen LogP contribution in [0.5, 0.6) is 0 Å². The van der Waals surface area contributed by atoms with E-state index in [0.29, 0.717) is 136 Å². The first-order valence-electron chi connectivity index (χ1n) is 23.9. The van der Waals surface area contributed by atoms with Crippen molar-refractivity contribution in [2.75, 3.05) is 177 Å². The van der Waals surface area contributed by atoms with Crippen molar-refractivity contribution in [3.05, 3.63) is 0 Å². The maximum atomic E-state index is 12.8. The molecule has 400 valence electrons. The topological polar surface area (TPSA) is 174 Å². The molecule has 5 amide bonds. The highest BCUT2D eigenvalue weighted by Gasteiger charge is 2.15. The van der Waals surface area contributed by atoms with Gasteiger partial charge in [0.05, 0.1) is 19.0 Å². The molecular weight excluding hydrogens is 1060 g/mol. The Hall–Kier alpha value is 0.650. The minimum atomic E-state index is 0.0165. The number of hydrogen-bond acceptors (Lipinski definition) is 20. The van der Waals surface area contributed by atoms with Gasteiger partial charge in [0.2, 0.25) is 29.5 Å². The zero-order valence-electron chi connectivity index (χ0n) is 41.6. The van der Waals surface area contributed by atoms with Gasteiger partial charge in [-0.25, -0.2) is 0 Å². The van der Waals surface area contributed by atoms with Gasteiger partial charge in [-0.15, -0.1) is 0 Å². The molecule has 0 saturated carbocycles. The summed E-state index contributed by atoms with van der Waals surface area (Å²) in [4.78, 5) is 70.5. The van der Waals surface area contributed by atoms with Crippen molar-refractivity contribution in [1.29, 1.82) is 0 Å². The van der Waals surface area contributed by atoms with Crippen LogP contribution in [0.3, 0.4) is 0 Å². The minimum Gasteiger partial charge on any atom is -0.384 e. The highest BCUT2D eigenvalue weighted by atomic mass is 33.1. The standard InChI is InChI=1S/C43H86N8O7S10/c1-6-29-59-62-32-9-39(52)44-13-18-49(19-14-46-41(54)11-34-64-66-36-27-57-4)23-25-51(22-16-47-42(55)12-35-65-67-37-28-58-5)26-24-50(21-17-48-43(56)38-68-61-31-8-3)20-15-45-40(53)10-33-63-60-30-7-2/h6-38H2,1-5H3,(H,44,52)(H,45,53)(H,46,54)(H,47,55)(H,48,56). The number of rotatable bonds is 52. The van der Waals surface area contributed by atoms with Gasteiger partial charge >= 0.3 is 0 Å². The van der Waals surface area contributed by atoms with E-state index in [0.717, 1.165) is 71.0 Å². The van der Waals surface area contributed by atoms with E-state index < -0.39 is 0 Å². The second-order valence-electron chi connectivity index (χ2n) is 14.9. The van der Waals surface area contributed by atoms with Crippen LogP contribution >= 0.6 is 108 Å². The lowest BCUT2D eigenvalue weighted by Gasteiger charge is -2.30. The quantitative estimate of drug-likeness (QED) is 0.0331. The molecular formula is C43H86N8O7S10. The Morgan fingerprint density at radius 2 is 0.588 bits per heavy atom. The van der Waals surface area contributed by atoms with Gasteiger partial charge in [-0.05, 0) is 19.3 Å². The van der Waals surface area contributed by atoms with Gasteiger partial charge in [-0.3, -0.25) is 38.7 Å². The molecule has 0 aliphatic heterocycles. The van der Waals surface area contributed by atoms with E-state index in [1.165, 1.54) is 0 Å². The average molecular weight is 1150 g/mol. The van der Waals surface area contributed by atoms with Crippen LogP contribution in [0.2, 0.25) is 0 Å². The third kappa shape index (κ3) is 48.9. The lowest BCUT2D eigenvalue weighted by atomic mass is 10.3. The van der Waals surface area contributed by atoms with Crippen molar-refractivity contribution in [1.82, 2.24) is 41.3 Å². The normalized spacial score (nSPS) is 11.4. The van der Waals surface area contributed by atoms with Crippen LogP contribution < -0.4 is 26.6 Å². The van der Waals surface area contributed by atoms with E-state index >= 15 is 0 Å². The fourth-order valence-corrected chi connectivity index (χ4v) is 15.5. The molecule has 68 heavy (non-hydrogen) atoms. The maximum Gasteiger partial charge on any atom is 0.230 e. The maximum absolute atomic E-state index is 12.8. The van der Waals surface area contributed by atoms with Gasteiger partial charge in [0.1, 0.15) is 0 Å². The highest BCUT2D eigenvalue weighted by molar-refractivity contribution is 8.77. The summed E-state index contributed by atoms with van der Waals surface area (Å²) < 4.78 is 10.2. The molecule has 5 N–H and O–H groups in total. The summed E-state index contributed by atoms with van der Waals surface area (Å²) in [7, 11) is 20.5. The van der Waals surface area contributed by atoms with Crippen molar-refractivity contribution in [2.45, 2.75) is 65.7 Å². The zero-order chi connectivity index (χ0) is 50.0. The summed E-state index contributed by atoms with van der Waals surface area (Å²) in [5.74, 6) is 8.49. The van der Waals surface area contributed by atoms with Crippen LogP contribution in [0.4, 0.5) is 0 Å². The molecule has 0 aliphatic rings. The Kier molecular flexibility index (Phi) is 54.4. The van der Waals surface area contributed by atoms with Crippen LogP contribution in [0.1, 0.15) is 65.7 Å². The Labute approximate surface area is 450 Å². The molecule has 0 fully saturated rings. The van der Waals surface area contributed by atoms with Crippen molar-refractivity contribution in [2.24, 2.45) is 0 Å². The fourth-order valence-electron chi connectivity index (χ4n) is 5.39. The number of carbonyl (C=O) groups excluding carboxylic acids is 5. The molecule has 0 heterocycles. The fraction of sp³-hybridized carbons (Fsp3) is 0.884. The summed E-state index contributed by atoms with van der Waals surface area (Å²) in [6.45, 7) is 16.3. The van der Waals surface area contributed by atoms with Gasteiger partial charge in [-0.1, -0.05) is 129 Å². The number of hydrogen-bond donors (Lipinski definition) is 5. The minimum absolute atomic E-state index is 0.0165. The number of amides is 5. The van der Waals surface area contributed by atoms with Crippen molar-refractivity contribution in [3.63, 3.8) is 0 Å². The third-order valence-electron chi connectivity index (χ3n) is 9.08. The summed E-state index contributed by atoms with van der Waals surface area (Å²) in [5.41, 5.74) is 0. The molecule has 15 nitrogen and oxygen atoms in total. The number of methoxy groups -OCH3 is 2. The van der Waals surface area contributed by atoms with E-state index in [4.69, 9.17) is 9.47 Å². The molecule has 0 aliphatic carbocycles. The second-order valence-corrected chi connectivity index (χ2v) is 28.3.